The fraction of sp³-hybridized carbons (Fsp3) is 0.100. The first kappa shape index (κ1) is 13.1. The molecule has 0 aliphatic rings. The maximum Gasteiger partial charge on any atom is 0.327 e. The zero-order chi connectivity index (χ0) is 13.1. The highest BCUT2D eigenvalue weighted by Crippen LogP contribution is 2.28. The van der Waals surface area contributed by atoms with Gasteiger partial charge in [-0.2, -0.15) is 0 Å². The van der Waals surface area contributed by atoms with E-state index in [1.165, 1.54) is 11.3 Å². The number of nitrogens with zero attached hydrogens (tertiary/aromatic N) is 1. The zero-order valence-electron chi connectivity index (χ0n) is 8.87. The van der Waals surface area contributed by atoms with Crippen LogP contribution in [0.4, 0.5) is 9.93 Å². The number of rotatable bonds is 2. The Morgan fingerprint density at radius 2 is 2.17 bits per heavy atom. The van der Waals surface area contributed by atoms with Crippen LogP contribution in [-0.2, 0) is 4.79 Å². The molecule has 0 aliphatic heterocycles. The van der Waals surface area contributed by atoms with Gasteiger partial charge in [-0.3, -0.25) is 15.4 Å². The number of carbonyl (C=O) groups is 2. The number of imide groups is 1. The highest BCUT2D eigenvalue weighted by Gasteiger charge is 2.10. The minimum absolute atomic E-state index is 0.275. The molecule has 2 N–H and O–H groups in total. The van der Waals surface area contributed by atoms with Crippen LogP contribution in [0.25, 0.3) is 10.2 Å². The van der Waals surface area contributed by atoms with E-state index in [1.807, 2.05) is 0 Å². The number of fused-ring (bicyclic) bond motifs is 1. The lowest BCUT2D eigenvalue weighted by atomic mass is 10.3. The van der Waals surface area contributed by atoms with E-state index in [0.29, 0.717) is 10.2 Å². The van der Waals surface area contributed by atoms with E-state index < -0.39 is 11.9 Å². The van der Waals surface area contributed by atoms with E-state index in [1.54, 1.807) is 18.2 Å². The predicted octanol–water partition coefficient (Wildman–Crippen LogP) is 2.84. The normalized spacial score (nSPS) is 10.3. The smallest absolute Gasteiger partial charge is 0.283 e. The van der Waals surface area contributed by atoms with Crippen LogP contribution in [0.15, 0.2) is 18.2 Å². The van der Waals surface area contributed by atoms with Crippen molar-refractivity contribution in [2.75, 3.05) is 11.2 Å². The first-order valence-electron chi connectivity index (χ1n) is 4.81. The van der Waals surface area contributed by atoms with Gasteiger partial charge in [0.25, 0.3) is 0 Å². The Bertz CT molecular complexity index is 614. The SMILES string of the molecule is O=C(CCl)NC(=O)Nc1nc2ccc(Cl)cc2s1. The molecule has 5 nitrogen and oxygen atoms in total. The van der Waals surface area contributed by atoms with Crippen LogP contribution in [0.2, 0.25) is 5.02 Å². The van der Waals surface area contributed by atoms with Gasteiger partial charge in [0, 0.05) is 5.02 Å². The molecule has 0 atom stereocenters. The number of anilines is 1. The van der Waals surface area contributed by atoms with E-state index in [0.717, 1.165) is 10.2 Å². The van der Waals surface area contributed by atoms with Crippen molar-refractivity contribution < 1.29 is 9.59 Å². The van der Waals surface area contributed by atoms with Crippen molar-refractivity contribution in [1.82, 2.24) is 10.3 Å². The largest absolute Gasteiger partial charge is 0.327 e. The molecule has 18 heavy (non-hydrogen) atoms. The molecule has 8 heteroatoms. The minimum Gasteiger partial charge on any atom is -0.283 e. The molecule has 1 aromatic carbocycles. The van der Waals surface area contributed by atoms with Gasteiger partial charge in [0.2, 0.25) is 5.91 Å². The lowest BCUT2D eigenvalue weighted by Gasteiger charge is -2.00. The third-order valence-corrected chi connectivity index (χ3v) is 3.36. The molecule has 0 unspecified atom stereocenters. The molecule has 3 amide bonds. The molecule has 1 aromatic heterocycles. The van der Waals surface area contributed by atoms with E-state index in [4.69, 9.17) is 23.2 Å². The standard InChI is InChI=1S/C10H7Cl2N3O2S/c11-4-8(16)14-9(17)15-10-13-6-2-1-5(12)3-7(6)18-10/h1-3H,4H2,(H2,13,14,15,16,17). The van der Waals surface area contributed by atoms with Crippen LogP contribution in [0.3, 0.4) is 0 Å². The van der Waals surface area contributed by atoms with Gasteiger partial charge in [0.1, 0.15) is 5.88 Å². The van der Waals surface area contributed by atoms with Gasteiger partial charge in [-0.1, -0.05) is 22.9 Å². The minimum atomic E-state index is -0.661. The van der Waals surface area contributed by atoms with Crippen molar-refractivity contribution >= 4 is 61.8 Å². The third kappa shape index (κ3) is 3.10. The second-order valence-corrected chi connectivity index (χ2v) is 5.00. The Kier molecular flexibility index (Phi) is 4.00. The average molecular weight is 304 g/mol. The van der Waals surface area contributed by atoms with Crippen LogP contribution >= 0.6 is 34.5 Å². The van der Waals surface area contributed by atoms with Crippen molar-refractivity contribution in [3.8, 4) is 0 Å². The number of urea groups is 1. The highest BCUT2D eigenvalue weighted by molar-refractivity contribution is 7.22. The molecule has 2 rings (SSSR count). The number of alkyl halides is 1. The molecule has 2 aromatic rings. The van der Waals surface area contributed by atoms with Crippen molar-refractivity contribution in [3.05, 3.63) is 23.2 Å². The van der Waals surface area contributed by atoms with Crippen molar-refractivity contribution in [3.63, 3.8) is 0 Å². The fourth-order valence-electron chi connectivity index (χ4n) is 1.24. The molecule has 0 radical (unpaired) electrons. The van der Waals surface area contributed by atoms with Crippen LogP contribution in [0.5, 0.6) is 0 Å². The molecule has 0 fully saturated rings. The molecule has 0 aliphatic carbocycles. The summed E-state index contributed by atoms with van der Waals surface area (Å²) >= 11 is 12.4. The number of hydrogen-bond acceptors (Lipinski definition) is 4. The lowest BCUT2D eigenvalue weighted by Crippen LogP contribution is -2.35. The van der Waals surface area contributed by atoms with Crippen LogP contribution in [0.1, 0.15) is 0 Å². The van der Waals surface area contributed by atoms with Crippen LogP contribution in [0, 0.1) is 0 Å². The summed E-state index contributed by atoms with van der Waals surface area (Å²) in [6, 6.07) is 4.55. The summed E-state index contributed by atoms with van der Waals surface area (Å²) in [6.07, 6.45) is 0. The maximum absolute atomic E-state index is 11.4. The number of benzene rings is 1. The Morgan fingerprint density at radius 3 is 2.89 bits per heavy atom. The number of amides is 3. The number of halogens is 2. The maximum atomic E-state index is 11.4. The van der Waals surface area contributed by atoms with Gasteiger partial charge in [0.05, 0.1) is 10.2 Å². The van der Waals surface area contributed by atoms with Gasteiger partial charge >= 0.3 is 6.03 Å². The molecule has 1 heterocycles. The van der Waals surface area contributed by atoms with Gasteiger partial charge < -0.3 is 0 Å². The summed E-state index contributed by atoms with van der Waals surface area (Å²) in [4.78, 5) is 26.4. The van der Waals surface area contributed by atoms with Crippen molar-refractivity contribution in [2.24, 2.45) is 0 Å². The third-order valence-electron chi connectivity index (χ3n) is 1.95. The fourth-order valence-corrected chi connectivity index (χ4v) is 2.44. The van der Waals surface area contributed by atoms with E-state index in [2.05, 4.69) is 15.6 Å². The second kappa shape index (κ2) is 5.51. The number of carbonyl (C=O) groups excluding carboxylic acids is 2. The number of aromatic nitrogens is 1. The summed E-state index contributed by atoms with van der Waals surface area (Å²) in [5.74, 6) is -0.846. The quantitative estimate of drug-likeness (QED) is 0.838. The topological polar surface area (TPSA) is 71.1 Å². The van der Waals surface area contributed by atoms with Crippen LogP contribution < -0.4 is 10.6 Å². The van der Waals surface area contributed by atoms with Gasteiger partial charge in [-0.05, 0) is 18.2 Å². The van der Waals surface area contributed by atoms with Gasteiger partial charge in [0.15, 0.2) is 5.13 Å². The summed E-state index contributed by atoms with van der Waals surface area (Å²) < 4.78 is 0.849. The number of hydrogen-bond donors (Lipinski definition) is 2. The summed E-state index contributed by atoms with van der Waals surface area (Å²) in [5.41, 5.74) is 0.725. The zero-order valence-corrected chi connectivity index (χ0v) is 11.2. The molecule has 0 spiro atoms. The molecule has 0 saturated carbocycles. The molecular weight excluding hydrogens is 297 g/mol. The van der Waals surface area contributed by atoms with E-state index in [-0.39, 0.29) is 5.88 Å². The Balaban J connectivity index is 2.12. The summed E-state index contributed by atoms with van der Waals surface area (Å²) in [7, 11) is 0. The second-order valence-electron chi connectivity index (χ2n) is 3.27. The number of thiazole rings is 1. The first-order valence-corrected chi connectivity index (χ1v) is 6.54. The molecule has 0 bridgehead atoms. The van der Waals surface area contributed by atoms with Crippen LogP contribution in [-0.4, -0.2) is 22.8 Å². The van der Waals surface area contributed by atoms with E-state index in [9.17, 15) is 9.59 Å². The van der Waals surface area contributed by atoms with Gasteiger partial charge in [-0.15, -0.1) is 11.6 Å². The Labute approximate surface area is 116 Å². The van der Waals surface area contributed by atoms with Crippen molar-refractivity contribution in [2.45, 2.75) is 0 Å². The summed E-state index contributed by atoms with van der Waals surface area (Å²) in [6.45, 7) is 0. The first-order chi connectivity index (χ1) is 8.58. The lowest BCUT2D eigenvalue weighted by molar-refractivity contribution is -0.117. The highest BCUT2D eigenvalue weighted by atomic mass is 35.5. The predicted molar refractivity (Wildman–Crippen MR) is 72.5 cm³/mol. The monoisotopic (exact) mass is 303 g/mol. The molecule has 94 valence electrons. The Morgan fingerprint density at radius 1 is 1.39 bits per heavy atom. The van der Waals surface area contributed by atoms with E-state index >= 15 is 0 Å². The molecule has 0 saturated heterocycles. The summed E-state index contributed by atoms with van der Waals surface area (Å²) in [5, 5.41) is 5.48. The average Bonchev–Trinajstić information content (AvgIpc) is 2.69. The molecular formula is C10H7Cl2N3O2S. The van der Waals surface area contributed by atoms with Gasteiger partial charge in [-0.25, -0.2) is 9.78 Å². The number of nitrogens with one attached hydrogen (secondary N) is 2. The Hall–Kier alpha value is -1.37. The van der Waals surface area contributed by atoms with Crippen molar-refractivity contribution in [1.29, 1.82) is 0 Å².